The van der Waals surface area contributed by atoms with E-state index in [-0.39, 0.29) is 12.5 Å². The van der Waals surface area contributed by atoms with Crippen LogP contribution in [0.3, 0.4) is 0 Å². The van der Waals surface area contributed by atoms with Gasteiger partial charge in [0.1, 0.15) is 0 Å². The van der Waals surface area contributed by atoms with Gasteiger partial charge in [-0.3, -0.25) is 9.78 Å². The number of likely N-dealkylation sites (tertiary alicyclic amines) is 1. The van der Waals surface area contributed by atoms with Crippen LogP contribution in [0.25, 0.3) is 0 Å². The number of amides is 1. The summed E-state index contributed by atoms with van der Waals surface area (Å²) in [6, 6.07) is 12.4. The third-order valence-corrected chi connectivity index (χ3v) is 5.53. The summed E-state index contributed by atoms with van der Waals surface area (Å²) in [6.45, 7) is 6.33. The van der Waals surface area contributed by atoms with E-state index in [1.54, 1.807) is 0 Å². The van der Waals surface area contributed by atoms with E-state index in [9.17, 15) is 9.90 Å². The third kappa shape index (κ3) is 5.18. The Morgan fingerprint density at radius 2 is 2.04 bits per heavy atom. The van der Waals surface area contributed by atoms with Gasteiger partial charge in [-0.1, -0.05) is 30.3 Å². The van der Waals surface area contributed by atoms with Crippen LogP contribution in [0, 0.1) is 13.8 Å². The minimum atomic E-state index is -1.31. The van der Waals surface area contributed by atoms with Crippen molar-refractivity contribution < 1.29 is 9.90 Å². The average molecular weight is 382 g/mol. The van der Waals surface area contributed by atoms with E-state index < -0.39 is 5.60 Å². The highest BCUT2D eigenvalue weighted by Gasteiger charge is 2.41. The summed E-state index contributed by atoms with van der Waals surface area (Å²) in [5.41, 5.74) is 3.23. The van der Waals surface area contributed by atoms with E-state index >= 15 is 0 Å². The lowest BCUT2D eigenvalue weighted by molar-refractivity contribution is -0.156. The Balaban J connectivity index is 1.50. The van der Waals surface area contributed by atoms with Gasteiger partial charge in [0.05, 0.1) is 0 Å². The molecule has 5 heteroatoms. The number of hydrogen-bond donors (Lipinski definition) is 2. The molecular formula is C23H31N3O2. The smallest absolute Gasteiger partial charge is 0.255 e. The van der Waals surface area contributed by atoms with Gasteiger partial charge < -0.3 is 15.3 Å². The lowest BCUT2D eigenvalue weighted by Gasteiger charge is -2.38. The number of hydrogen-bond acceptors (Lipinski definition) is 4. The van der Waals surface area contributed by atoms with Gasteiger partial charge in [-0.15, -0.1) is 0 Å². The van der Waals surface area contributed by atoms with Crippen LogP contribution in [0.1, 0.15) is 41.6 Å². The van der Waals surface area contributed by atoms with E-state index in [1.165, 1.54) is 11.1 Å². The van der Waals surface area contributed by atoms with Gasteiger partial charge in [-0.05, 0) is 62.3 Å². The zero-order valence-electron chi connectivity index (χ0n) is 16.9. The van der Waals surface area contributed by atoms with Crippen molar-refractivity contribution in [1.82, 2.24) is 15.2 Å². The SMILES string of the molecule is Cc1cc(C)c(CNC[C@]2(O)CCCN(CCCc3ccccc3)C2=O)cn1. The molecule has 2 heterocycles. The number of piperidine rings is 1. The van der Waals surface area contributed by atoms with Crippen molar-refractivity contribution in [3.8, 4) is 0 Å². The molecule has 3 rings (SSSR count). The van der Waals surface area contributed by atoms with E-state index in [1.807, 2.05) is 42.3 Å². The van der Waals surface area contributed by atoms with Gasteiger partial charge in [0, 0.05) is 38.1 Å². The molecule has 0 unspecified atom stereocenters. The lowest BCUT2D eigenvalue weighted by Crippen LogP contribution is -2.58. The summed E-state index contributed by atoms with van der Waals surface area (Å²) in [4.78, 5) is 19.0. The Bertz CT molecular complexity index is 794. The second-order valence-corrected chi connectivity index (χ2v) is 7.87. The van der Waals surface area contributed by atoms with E-state index in [0.29, 0.717) is 19.5 Å². The molecule has 1 atom stereocenters. The number of aromatic nitrogens is 1. The first kappa shape index (κ1) is 20.5. The third-order valence-electron chi connectivity index (χ3n) is 5.53. The highest BCUT2D eigenvalue weighted by Crippen LogP contribution is 2.23. The summed E-state index contributed by atoms with van der Waals surface area (Å²) in [5.74, 6) is -0.141. The predicted octanol–water partition coefficient (Wildman–Crippen LogP) is 2.77. The summed E-state index contributed by atoms with van der Waals surface area (Å²) in [6.07, 6.45) is 5.06. The van der Waals surface area contributed by atoms with E-state index in [2.05, 4.69) is 29.4 Å². The fraction of sp³-hybridized carbons (Fsp3) is 0.478. The molecule has 0 aliphatic carbocycles. The Kier molecular flexibility index (Phi) is 6.81. The molecule has 1 aromatic carbocycles. The highest BCUT2D eigenvalue weighted by molar-refractivity contribution is 5.86. The van der Waals surface area contributed by atoms with Gasteiger partial charge in [0.2, 0.25) is 0 Å². The lowest BCUT2D eigenvalue weighted by atomic mass is 9.91. The molecule has 2 N–H and O–H groups in total. The topological polar surface area (TPSA) is 65.5 Å². The first-order valence-electron chi connectivity index (χ1n) is 10.2. The number of carbonyl (C=O) groups is 1. The first-order valence-corrected chi connectivity index (χ1v) is 10.2. The van der Waals surface area contributed by atoms with Crippen molar-refractivity contribution in [2.24, 2.45) is 0 Å². The molecule has 1 saturated heterocycles. The average Bonchev–Trinajstić information content (AvgIpc) is 2.68. The molecule has 1 fully saturated rings. The number of nitrogens with one attached hydrogen (secondary N) is 1. The molecule has 0 spiro atoms. The van der Waals surface area contributed by atoms with Crippen LogP contribution in [0.2, 0.25) is 0 Å². The van der Waals surface area contributed by atoms with Crippen LogP contribution in [0.4, 0.5) is 0 Å². The van der Waals surface area contributed by atoms with Crippen molar-refractivity contribution in [2.75, 3.05) is 19.6 Å². The van der Waals surface area contributed by atoms with E-state index in [4.69, 9.17) is 0 Å². The zero-order valence-corrected chi connectivity index (χ0v) is 16.9. The number of pyridine rings is 1. The summed E-state index contributed by atoms with van der Waals surface area (Å²) < 4.78 is 0. The number of rotatable bonds is 8. The Labute approximate surface area is 167 Å². The van der Waals surface area contributed by atoms with E-state index in [0.717, 1.165) is 37.1 Å². The maximum Gasteiger partial charge on any atom is 0.255 e. The van der Waals surface area contributed by atoms with Crippen LogP contribution in [-0.4, -0.2) is 46.1 Å². The van der Waals surface area contributed by atoms with Gasteiger partial charge in [0.25, 0.3) is 5.91 Å². The first-order chi connectivity index (χ1) is 13.5. The van der Waals surface area contributed by atoms with Crippen molar-refractivity contribution in [3.05, 3.63) is 65.0 Å². The predicted molar refractivity (Wildman–Crippen MR) is 111 cm³/mol. The minimum Gasteiger partial charge on any atom is -0.379 e. The number of carbonyl (C=O) groups excluding carboxylic acids is 1. The normalized spacial score (nSPS) is 19.8. The molecule has 5 nitrogen and oxygen atoms in total. The Hall–Kier alpha value is -2.24. The van der Waals surface area contributed by atoms with Gasteiger partial charge >= 0.3 is 0 Å². The van der Waals surface area contributed by atoms with Crippen LogP contribution >= 0.6 is 0 Å². The van der Waals surface area contributed by atoms with Crippen LogP contribution in [0.15, 0.2) is 42.6 Å². The summed E-state index contributed by atoms with van der Waals surface area (Å²) in [5, 5.41) is 14.2. The molecule has 28 heavy (non-hydrogen) atoms. The summed E-state index contributed by atoms with van der Waals surface area (Å²) in [7, 11) is 0. The molecule has 0 bridgehead atoms. The molecule has 1 aliphatic heterocycles. The molecule has 1 aliphatic rings. The fourth-order valence-electron chi connectivity index (χ4n) is 3.88. The maximum absolute atomic E-state index is 12.9. The number of benzene rings is 1. The highest BCUT2D eigenvalue weighted by atomic mass is 16.3. The van der Waals surface area contributed by atoms with Crippen molar-refractivity contribution in [3.63, 3.8) is 0 Å². The van der Waals surface area contributed by atoms with Crippen molar-refractivity contribution >= 4 is 5.91 Å². The number of aryl methyl sites for hydroxylation is 3. The molecule has 0 saturated carbocycles. The molecule has 2 aromatic rings. The maximum atomic E-state index is 12.9. The molecular weight excluding hydrogens is 350 g/mol. The molecule has 150 valence electrons. The van der Waals surface area contributed by atoms with Crippen LogP contribution < -0.4 is 5.32 Å². The number of nitrogens with zero attached hydrogens (tertiary/aromatic N) is 2. The van der Waals surface area contributed by atoms with Crippen molar-refractivity contribution in [1.29, 1.82) is 0 Å². The van der Waals surface area contributed by atoms with Crippen LogP contribution in [0.5, 0.6) is 0 Å². The minimum absolute atomic E-state index is 0.141. The molecule has 0 radical (unpaired) electrons. The second-order valence-electron chi connectivity index (χ2n) is 7.87. The molecule has 1 aromatic heterocycles. The standard InChI is InChI=1S/C23H31N3O2/c1-18-14-19(2)25-16-21(18)15-24-17-23(28)11-7-13-26(22(23)27)12-6-10-20-8-4-3-5-9-20/h3-5,8-9,14,16,24,28H,6-7,10-13,15,17H2,1-2H3/t23-/m1/s1. The van der Waals surface area contributed by atoms with Gasteiger partial charge in [-0.25, -0.2) is 0 Å². The second kappa shape index (κ2) is 9.30. The monoisotopic (exact) mass is 381 g/mol. The zero-order chi connectivity index (χ0) is 20.0. The largest absolute Gasteiger partial charge is 0.379 e. The number of aliphatic hydroxyl groups is 1. The quantitative estimate of drug-likeness (QED) is 0.738. The van der Waals surface area contributed by atoms with Crippen LogP contribution in [-0.2, 0) is 17.8 Å². The fourth-order valence-corrected chi connectivity index (χ4v) is 3.88. The molecule has 1 amide bonds. The Morgan fingerprint density at radius 1 is 1.25 bits per heavy atom. The van der Waals surface area contributed by atoms with Gasteiger partial charge in [-0.2, -0.15) is 0 Å². The van der Waals surface area contributed by atoms with Gasteiger partial charge in [0.15, 0.2) is 5.60 Å². The summed E-state index contributed by atoms with van der Waals surface area (Å²) >= 11 is 0. The Morgan fingerprint density at radius 3 is 2.79 bits per heavy atom. The van der Waals surface area contributed by atoms with Crippen molar-refractivity contribution in [2.45, 2.75) is 51.7 Å².